The van der Waals surface area contributed by atoms with E-state index in [4.69, 9.17) is 11.5 Å². The quantitative estimate of drug-likeness (QED) is 0.571. The minimum atomic E-state index is -0.0175. The molecule has 1 rings (SSSR count). The first-order valence-electron chi connectivity index (χ1n) is 6.50. The normalized spacial score (nSPS) is 12.8. The summed E-state index contributed by atoms with van der Waals surface area (Å²) >= 11 is 0. The molecule has 0 aliphatic rings. The molecule has 6 N–H and O–H groups in total. The maximum absolute atomic E-state index is 9.91. The van der Waals surface area contributed by atoms with Crippen molar-refractivity contribution in [1.29, 1.82) is 0 Å². The minimum absolute atomic E-state index is 0.0175. The van der Waals surface area contributed by atoms with Crippen LogP contribution in [0.3, 0.4) is 0 Å². The number of nitrogens with two attached hydrogens (primary N) is 2. The summed E-state index contributed by atoms with van der Waals surface area (Å²) in [6.45, 7) is 5.44. The highest BCUT2D eigenvalue weighted by Crippen LogP contribution is 2.28. The highest BCUT2D eigenvalue weighted by atomic mass is 16.3. The van der Waals surface area contributed by atoms with E-state index in [2.05, 4.69) is 9.98 Å². The molecule has 0 aliphatic heterocycles. The summed E-state index contributed by atoms with van der Waals surface area (Å²) in [5, 5.41) is 19.8. The van der Waals surface area contributed by atoms with Crippen LogP contribution in [0.4, 0.5) is 0 Å². The second-order valence-electron chi connectivity index (χ2n) is 4.40. The van der Waals surface area contributed by atoms with Gasteiger partial charge in [0.15, 0.2) is 0 Å². The van der Waals surface area contributed by atoms with Gasteiger partial charge in [-0.1, -0.05) is 0 Å². The number of aromatic hydroxyl groups is 2. The molecule has 0 atom stereocenters. The van der Waals surface area contributed by atoms with E-state index in [0.717, 1.165) is 0 Å². The van der Waals surface area contributed by atoms with E-state index in [1.54, 1.807) is 19.9 Å². The van der Waals surface area contributed by atoms with Crippen LogP contribution >= 0.6 is 0 Å². The average molecular weight is 278 g/mol. The van der Waals surface area contributed by atoms with Gasteiger partial charge in [-0.3, -0.25) is 9.98 Å². The minimum Gasteiger partial charge on any atom is -0.507 e. The Bertz CT molecular complexity index is 481. The van der Waals surface area contributed by atoms with Crippen molar-refractivity contribution in [3.8, 4) is 11.5 Å². The molecule has 0 bridgehead atoms. The zero-order chi connectivity index (χ0) is 15.1. The van der Waals surface area contributed by atoms with Gasteiger partial charge >= 0.3 is 0 Å². The zero-order valence-corrected chi connectivity index (χ0v) is 11.9. The predicted octanol–water partition coefficient (Wildman–Crippen LogP) is 0.633. The fourth-order valence-corrected chi connectivity index (χ4v) is 1.79. The van der Waals surface area contributed by atoms with Crippen LogP contribution in [0.2, 0.25) is 0 Å². The fraction of sp³-hybridized carbons (Fsp3) is 0.429. The predicted molar refractivity (Wildman–Crippen MR) is 82.0 cm³/mol. The number of phenolic OH excluding ortho intramolecular Hbond substituents is 2. The third kappa shape index (κ3) is 4.04. The van der Waals surface area contributed by atoms with E-state index >= 15 is 0 Å². The number of benzene rings is 1. The van der Waals surface area contributed by atoms with Crippen LogP contribution in [0.15, 0.2) is 22.1 Å². The second-order valence-corrected chi connectivity index (χ2v) is 4.40. The first-order valence-corrected chi connectivity index (χ1v) is 6.50. The van der Waals surface area contributed by atoms with Gasteiger partial charge in [-0.25, -0.2) is 0 Å². The third-order valence-corrected chi connectivity index (χ3v) is 2.85. The number of hydrogen-bond donors (Lipinski definition) is 4. The molecule has 1 aromatic carbocycles. The summed E-state index contributed by atoms with van der Waals surface area (Å²) in [5.41, 5.74) is 13.3. The lowest BCUT2D eigenvalue weighted by molar-refractivity contribution is 0.449. The van der Waals surface area contributed by atoms with Crippen molar-refractivity contribution in [1.82, 2.24) is 0 Å². The largest absolute Gasteiger partial charge is 0.507 e. The number of aliphatic imine (C=N–C) groups is 2. The van der Waals surface area contributed by atoms with Gasteiger partial charge in [-0.15, -0.1) is 0 Å². The van der Waals surface area contributed by atoms with Gasteiger partial charge in [0, 0.05) is 41.7 Å². The number of nitrogens with zero attached hydrogens (tertiary/aromatic N) is 2. The Labute approximate surface area is 118 Å². The monoisotopic (exact) mass is 278 g/mol. The van der Waals surface area contributed by atoms with Gasteiger partial charge in [-0.2, -0.15) is 0 Å². The molecule has 0 radical (unpaired) electrons. The highest BCUT2D eigenvalue weighted by molar-refractivity contribution is 6.06. The Balaban J connectivity index is 3.22. The van der Waals surface area contributed by atoms with E-state index in [1.807, 2.05) is 0 Å². The fourth-order valence-electron chi connectivity index (χ4n) is 1.79. The van der Waals surface area contributed by atoms with Crippen molar-refractivity contribution >= 4 is 11.4 Å². The van der Waals surface area contributed by atoms with Gasteiger partial charge in [0.05, 0.1) is 13.1 Å². The van der Waals surface area contributed by atoms with Crippen LogP contribution in [0.25, 0.3) is 0 Å². The van der Waals surface area contributed by atoms with Crippen molar-refractivity contribution in [2.75, 3.05) is 26.2 Å². The molecule has 0 fully saturated rings. The molecule has 6 nitrogen and oxygen atoms in total. The van der Waals surface area contributed by atoms with Gasteiger partial charge in [0.1, 0.15) is 11.5 Å². The Morgan fingerprint density at radius 2 is 1.30 bits per heavy atom. The van der Waals surface area contributed by atoms with Crippen LogP contribution < -0.4 is 11.5 Å². The third-order valence-electron chi connectivity index (χ3n) is 2.85. The number of hydrogen-bond acceptors (Lipinski definition) is 6. The molecular formula is C14H22N4O2. The van der Waals surface area contributed by atoms with Crippen LogP contribution in [-0.2, 0) is 0 Å². The Hall–Kier alpha value is -1.92. The smallest absolute Gasteiger partial charge is 0.128 e. The zero-order valence-electron chi connectivity index (χ0n) is 11.9. The molecule has 0 spiro atoms. The molecular weight excluding hydrogens is 256 g/mol. The van der Waals surface area contributed by atoms with Crippen molar-refractivity contribution in [3.63, 3.8) is 0 Å². The molecule has 1 aromatic rings. The van der Waals surface area contributed by atoms with Gasteiger partial charge in [-0.05, 0) is 19.9 Å². The first kappa shape index (κ1) is 16.1. The van der Waals surface area contributed by atoms with E-state index in [1.165, 1.54) is 6.07 Å². The van der Waals surface area contributed by atoms with E-state index in [-0.39, 0.29) is 11.5 Å². The second kappa shape index (κ2) is 7.62. The summed E-state index contributed by atoms with van der Waals surface area (Å²) in [6, 6.07) is 2.98. The van der Waals surface area contributed by atoms with Gasteiger partial charge in [0.25, 0.3) is 0 Å². The number of phenols is 2. The standard InChI is InChI=1S/C14H22N4O2/c1-9(17-5-3-15)11-7-12(10(2)18-6-4-16)14(20)8-13(11)19/h7-8,19-20H,3-6,15-16H2,1-2H3. The molecule has 0 amide bonds. The van der Waals surface area contributed by atoms with E-state index in [9.17, 15) is 10.2 Å². The van der Waals surface area contributed by atoms with Crippen molar-refractivity contribution in [3.05, 3.63) is 23.3 Å². The molecule has 20 heavy (non-hydrogen) atoms. The molecule has 0 heterocycles. The molecule has 0 aromatic heterocycles. The van der Waals surface area contributed by atoms with Crippen molar-refractivity contribution in [2.45, 2.75) is 13.8 Å². The van der Waals surface area contributed by atoms with Crippen LogP contribution in [0.1, 0.15) is 25.0 Å². The maximum Gasteiger partial charge on any atom is 0.128 e. The number of rotatable bonds is 6. The molecule has 0 saturated carbocycles. The Morgan fingerprint density at radius 1 is 0.900 bits per heavy atom. The van der Waals surface area contributed by atoms with E-state index in [0.29, 0.717) is 48.7 Å². The van der Waals surface area contributed by atoms with Crippen LogP contribution in [0, 0.1) is 0 Å². The topological polar surface area (TPSA) is 117 Å². The van der Waals surface area contributed by atoms with Gasteiger partial charge < -0.3 is 21.7 Å². The summed E-state index contributed by atoms with van der Waals surface area (Å²) in [4.78, 5) is 8.51. The lowest BCUT2D eigenvalue weighted by Gasteiger charge is -2.10. The Morgan fingerprint density at radius 3 is 1.65 bits per heavy atom. The molecule has 0 unspecified atom stereocenters. The maximum atomic E-state index is 9.91. The van der Waals surface area contributed by atoms with Crippen LogP contribution in [0.5, 0.6) is 11.5 Å². The molecule has 0 aliphatic carbocycles. The highest BCUT2D eigenvalue weighted by Gasteiger charge is 2.12. The molecule has 110 valence electrons. The lowest BCUT2D eigenvalue weighted by Crippen LogP contribution is -2.08. The molecule has 6 heteroatoms. The Kier molecular flexibility index (Phi) is 6.14. The molecule has 0 saturated heterocycles. The summed E-state index contributed by atoms with van der Waals surface area (Å²) in [6.07, 6.45) is 0. The van der Waals surface area contributed by atoms with Gasteiger partial charge in [0.2, 0.25) is 0 Å². The van der Waals surface area contributed by atoms with Crippen molar-refractivity contribution < 1.29 is 10.2 Å². The lowest BCUT2D eigenvalue weighted by atomic mass is 10.0. The SMILES string of the molecule is CC(=NCCN)c1cc(C(C)=NCCN)c(O)cc1O. The summed E-state index contributed by atoms with van der Waals surface area (Å²) < 4.78 is 0. The summed E-state index contributed by atoms with van der Waals surface area (Å²) in [5.74, 6) is -0.0349. The first-order chi connectivity index (χ1) is 9.51. The summed E-state index contributed by atoms with van der Waals surface area (Å²) in [7, 11) is 0. The average Bonchev–Trinajstić information content (AvgIpc) is 2.42. The van der Waals surface area contributed by atoms with Crippen molar-refractivity contribution in [2.24, 2.45) is 21.5 Å². The van der Waals surface area contributed by atoms with E-state index < -0.39 is 0 Å². The van der Waals surface area contributed by atoms with Crippen LogP contribution in [-0.4, -0.2) is 47.8 Å².